The second-order valence-electron chi connectivity index (χ2n) is 6.50. The molecule has 5 heteroatoms. The summed E-state index contributed by atoms with van der Waals surface area (Å²) < 4.78 is 1.98. The first-order chi connectivity index (χ1) is 10.2. The molecule has 0 aromatic carbocycles. The van der Waals surface area contributed by atoms with Crippen LogP contribution in [0.5, 0.6) is 0 Å². The van der Waals surface area contributed by atoms with E-state index in [4.69, 9.17) is 5.73 Å². The number of carbonyl (C=O) groups is 1. The van der Waals surface area contributed by atoms with E-state index in [1.54, 1.807) is 0 Å². The van der Waals surface area contributed by atoms with Gasteiger partial charge in [-0.05, 0) is 50.5 Å². The van der Waals surface area contributed by atoms with Crippen LogP contribution in [0, 0.1) is 5.92 Å². The molecule has 1 aliphatic carbocycles. The molecule has 2 fully saturated rings. The van der Waals surface area contributed by atoms with Gasteiger partial charge in [0.25, 0.3) is 0 Å². The van der Waals surface area contributed by atoms with Crippen molar-refractivity contribution in [2.24, 2.45) is 11.7 Å². The summed E-state index contributed by atoms with van der Waals surface area (Å²) >= 11 is 0. The van der Waals surface area contributed by atoms with Gasteiger partial charge in [0.15, 0.2) is 0 Å². The highest BCUT2D eigenvalue weighted by Gasteiger charge is 2.33. The maximum atomic E-state index is 12.5. The maximum Gasteiger partial charge on any atom is 0.225 e. The third-order valence-electron chi connectivity index (χ3n) is 5.08. The van der Waals surface area contributed by atoms with Gasteiger partial charge in [-0.2, -0.15) is 5.10 Å². The van der Waals surface area contributed by atoms with Crippen LogP contribution in [0.4, 0.5) is 0 Å². The Balaban J connectivity index is 1.54. The lowest BCUT2D eigenvalue weighted by molar-refractivity contribution is -0.136. The van der Waals surface area contributed by atoms with Crippen molar-refractivity contribution in [2.75, 3.05) is 13.1 Å². The number of hydrogen-bond acceptors (Lipinski definition) is 3. The van der Waals surface area contributed by atoms with Gasteiger partial charge in [0.2, 0.25) is 5.91 Å². The summed E-state index contributed by atoms with van der Waals surface area (Å²) in [6.45, 7) is 4.78. The van der Waals surface area contributed by atoms with Crippen LogP contribution in [0.3, 0.4) is 0 Å². The molecule has 1 aromatic heterocycles. The number of aromatic nitrogens is 2. The fourth-order valence-corrected chi connectivity index (χ4v) is 3.70. The minimum absolute atomic E-state index is 0.180. The summed E-state index contributed by atoms with van der Waals surface area (Å²) in [6.07, 6.45) is 9.11. The van der Waals surface area contributed by atoms with Crippen LogP contribution in [0.1, 0.15) is 50.5 Å². The molecule has 2 aliphatic rings. The smallest absolute Gasteiger partial charge is 0.225 e. The standard InChI is InChI=1S/C16H26N4O/c1-2-20-11-14(10-18-20)12-5-7-19(8-6-12)16(21)13-3-4-15(17)9-13/h10-13,15H,2-9,17H2,1H3/t13-,15+/m1/s1. The molecule has 0 radical (unpaired) electrons. The Morgan fingerprint density at radius 2 is 2.10 bits per heavy atom. The lowest BCUT2D eigenvalue weighted by Gasteiger charge is -2.33. The minimum atomic E-state index is 0.180. The lowest BCUT2D eigenvalue weighted by Crippen LogP contribution is -2.41. The Kier molecular flexibility index (Phi) is 4.29. The van der Waals surface area contributed by atoms with E-state index < -0.39 is 0 Å². The van der Waals surface area contributed by atoms with Crippen molar-refractivity contribution >= 4 is 5.91 Å². The summed E-state index contributed by atoms with van der Waals surface area (Å²) in [4.78, 5) is 14.6. The molecule has 0 unspecified atom stereocenters. The number of amides is 1. The van der Waals surface area contributed by atoms with Crippen molar-refractivity contribution in [3.63, 3.8) is 0 Å². The third kappa shape index (κ3) is 3.12. The molecule has 0 bridgehead atoms. The van der Waals surface area contributed by atoms with Crippen molar-refractivity contribution in [2.45, 2.75) is 57.5 Å². The molecule has 0 spiro atoms. The topological polar surface area (TPSA) is 64.2 Å². The summed E-state index contributed by atoms with van der Waals surface area (Å²) in [5.74, 6) is 1.07. The minimum Gasteiger partial charge on any atom is -0.342 e. The predicted octanol–water partition coefficient (Wildman–Crippen LogP) is 1.74. The van der Waals surface area contributed by atoms with Gasteiger partial charge in [-0.3, -0.25) is 9.48 Å². The number of likely N-dealkylation sites (tertiary alicyclic amines) is 1. The van der Waals surface area contributed by atoms with E-state index in [9.17, 15) is 4.79 Å². The van der Waals surface area contributed by atoms with Crippen molar-refractivity contribution in [3.8, 4) is 0 Å². The second-order valence-corrected chi connectivity index (χ2v) is 6.50. The molecule has 116 valence electrons. The van der Waals surface area contributed by atoms with Crippen LogP contribution < -0.4 is 5.73 Å². The van der Waals surface area contributed by atoms with Gasteiger partial charge in [0, 0.05) is 37.8 Å². The Labute approximate surface area is 126 Å². The van der Waals surface area contributed by atoms with Gasteiger partial charge in [0.1, 0.15) is 0 Å². The fourth-order valence-electron chi connectivity index (χ4n) is 3.70. The van der Waals surface area contributed by atoms with Crippen molar-refractivity contribution in [3.05, 3.63) is 18.0 Å². The van der Waals surface area contributed by atoms with E-state index in [1.807, 2.05) is 10.9 Å². The highest BCUT2D eigenvalue weighted by Crippen LogP contribution is 2.31. The Morgan fingerprint density at radius 1 is 1.33 bits per heavy atom. The number of nitrogens with zero attached hydrogens (tertiary/aromatic N) is 3. The van der Waals surface area contributed by atoms with Crippen LogP contribution in [-0.4, -0.2) is 39.7 Å². The first-order valence-corrected chi connectivity index (χ1v) is 8.24. The first kappa shape index (κ1) is 14.6. The summed E-state index contributed by atoms with van der Waals surface area (Å²) in [5, 5.41) is 4.36. The molecule has 2 N–H and O–H groups in total. The molecule has 1 saturated carbocycles. The average molecular weight is 290 g/mol. The van der Waals surface area contributed by atoms with Crippen molar-refractivity contribution in [1.29, 1.82) is 0 Å². The van der Waals surface area contributed by atoms with Crippen LogP contribution in [0.15, 0.2) is 12.4 Å². The zero-order chi connectivity index (χ0) is 14.8. The molecule has 3 rings (SSSR count). The normalized spacial score (nSPS) is 27.2. The predicted molar refractivity (Wildman–Crippen MR) is 81.8 cm³/mol. The van der Waals surface area contributed by atoms with Gasteiger partial charge in [-0.15, -0.1) is 0 Å². The highest BCUT2D eigenvalue weighted by atomic mass is 16.2. The number of rotatable bonds is 3. The molecule has 1 aromatic rings. The number of hydrogen-bond donors (Lipinski definition) is 1. The monoisotopic (exact) mass is 290 g/mol. The first-order valence-electron chi connectivity index (χ1n) is 8.24. The number of aryl methyl sites for hydroxylation is 1. The number of carbonyl (C=O) groups excluding carboxylic acids is 1. The molecular weight excluding hydrogens is 264 g/mol. The Bertz CT molecular complexity index is 490. The van der Waals surface area contributed by atoms with Gasteiger partial charge in [-0.25, -0.2) is 0 Å². The molecule has 2 atom stereocenters. The molecule has 1 aliphatic heterocycles. The van der Waals surface area contributed by atoms with Gasteiger partial charge in [-0.1, -0.05) is 0 Å². The second kappa shape index (κ2) is 6.18. The molecule has 1 saturated heterocycles. The Hall–Kier alpha value is -1.36. The van der Waals surface area contributed by atoms with Crippen LogP contribution in [-0.2, 0) is 11.3 Å². The maximum absolute atomic E-state index is 12.5. The Morgan fingerprint density at radius 3 is 2.67 bits per heavy atom. The highest BCUT2D eigenvalue weighted by molar-refractivity contribution is 5.79. The zero-order valence-corrected chi connectivity index (χ0v) is 12.9. The fraction of sp³-hybridized carbons (Fsp3) is 0.750. The number of nitrogens with two attached hydrogens (primary N) is 1. The summed E-state index contributed by atoms with van der Waals surface area (Å²) in [7, 11) is 0. The SMILES string of the molecule is CCn1cc(C2CCN(C(=O)[C@@H]3CC[C@H](N)C3)CC2)cn1. The quantitative estimate of drug-likeness (QED) is 0.922. The molecular formula is C16H26N4O. The van der Waals surface area contributed by atoms with E-state index in [0.717, 1.165) is 51.7 Å². The lowest BCUT2D eigenvalue weighted by atomic mass is 9.91. The van der Waals surface area contributed by atoms with Crippen LogP contribution >= 0.6 is 0 Å². The van der Waals surface area contributed by atoms with Crippen molar-refractivity contribution < 1.29 is 4.79 Å². The largest absolute Gasteiger partial charge is 0.342 e. The van der Waals surface area contributed by atoms with E-state index in [2.05, 4.69) is 23.1 Å². The summed E-state index contributed by atoms with van der Waals surface area (Å²) in [5.41, 5.74) is 7.25. The van der Waals surface area contributed by atoms with Gasteiger partial charge < -0.3 is 10.6 Å². The van der Waals surface area contributed by atoms with E-state index >= 15 is 0 Å². The van der Waals surface area contributed by atoms with E-state index in [1.165, 1.54) is 5.56 Å². The molecule has 5 nitrogen and oxygen atoms in total. The van der Waals surface area contributed by atoms with Crippen LogP contribution in [0.25, 0.3) is 0 Å². The zero-order valence-electron chi connectivity index (χ0n) is 12.9. The summed E-state index contributed by atoms with van der Waals surface area (Å²) in [6, 6.07) is 0.233. The van der Waals surface area contributed by atoms with E-state index in [0.29, 0.717) is 11.8 Å². The van der Waals surface area contributed by atoms with Gasteiger partial charge >= 0.3 is 0 Å². The van der Waals surface area contributed by atoms with E-state index in [-0.39, 0.29) is 12.0 Å². The molecule has 21 heavy (non-hydrogen) atoms. The van der Waals surface area contributed by atoms with Crippen molar-refractivity contribution in [1.82, 2.24) is 14.7 Å². The third-order valence-corrected chi connectivity index (χ3v) is 5.08. The van der Waals surface area contributed by atoms with Gasteiger partial charge in [0.05, 0.1) is 6.20 Å². The number of piperidine rings is 1. The molecule has 1 amide bonds. The average Bonchev–Trinajstić information content (AvgIpc) is 3.15. The molecule has 2 heterocycles. The van der Waals surface area contributed by atoms with Crippen LogP contribution in [0.2, 0.25) is 0 Å².